The predicted octanol–water partition coefficient (Wildman–Crippen LogP) is 3.40. The molecular formula is C16H19FN2. The van der Waals surface area contributed by atoms with Crippen LogP contribution in [0.3, 0.4) is 0 Å². The lowest BCUT2D eigenvalue weighted by atomic mass is 9.95. The van der Waals surface area contributed by atoms with Gasteiger partial charge in [0.15, 0.2) is 0 Å². The summed E-state index contributed by atoms with van der Waals surface area (Å²) in [5.74, 6) is -0.213. The van der Waals surface area contributed by atoms with Gasteiger partial charge in [0.25, 0.3) is 0 Å². The maximum absolute atomic E-state index is 13.5. The highest BCUT2D eigenvalue weighted by Crippen LogP contribution is 2.26. The van der Waals surface area contributed by atoms with E-state index < -0.39 is 0 Å². The van der Waals surface area contributed by atoms with Gasteiger partial charge in [0.05, 0.1) is 11.7 Å². The smallest absolute Gasteiger partial charge is 0.123 e. The van der Waals surface area contributed by atoms with Gasteiger partial charge in [-0.1, -0.05) is 19.1 Å². The second kappa shape index (κ2) is 5.93. The van der Waals surface area contributed by atoms with Gasteiger partial charge in [-0.15, -0.1) is 0 Å². The molecule has 0 aliphatic heterocycles. The first-order valence-corrected chi connectivity index (χ1v) is 6.54. The van der Waals surface area contributed by atoms with Gasteiger partial charge in [-0.25, -0.2) is 4.39 Å². The lowest BCUT2D eigenvalue weighted by Crippen LogP contribution is -2.21. The normalized spacial score (nSPS) is 12.4. The minimum atomic E-state index is -0.213. The number of halogens is 1. The number of hydrogen-bond donors (Lipinski definition) is 1. The van der Waals surface area contributed by atoms with E-state index in [1.54, 1.807) is 12.3 Å². The Morgan fingerprint density at radius 3 is 2.79 bits per heavy atom. The highest BCUT2D eigenvalue weighted by molar-refractivity contribution is 5.37. The standard InChI is InChI=1S/C16H19FN2/c1-4-12-6-5-9-19-15(12)16(18-3)14-10-13(17)8-7-11(14)2/h5-10,16,18H,4H2,1-3H3. The van der Waals surface area contributed by atoms with Crippen molar-refractivity contribution in [3.63, 3.8) is 0 Å². The van der Waals surface area contributed by atoms with Crippen LogP contribution in [0.2, 0.25) is 0 Å². The van der Waals surface area contributed by atoms with E-state index in [0.29, 0.717) is 0 Å². The van der Waals surface area contributed by atoms with Crippen LogP contribution in [0.25, 0.3) is 0 Å². The fraction of sp³-hybridized carbons (Fsp3) is 0.312. The summed E-state index contributed by atoms with van der Waals surface area (Å²) >= 11 is 0. The van der Waals surface area contributed by atoms with E-state index in [1.807, 2.05) is 26.1 Å². The van der Waals surface area contributed by atoms with E-state index in [9.17, 15) is 4.39 Å². The monoisotopic (exact) mass is 258 g/mol. The summed E-state index contributed by atoms with van der Waals surface area (Å²) in [7, 11) is 1.88. The minimum Gasteiger partial charge on any atom is -0.308 e. The van der Waals surface area contributed by atoms with Gasteiger partial charge in [-0.3, -0.25) is 4.98 Å². The van der Waals surface area contributed by atoms with E-state index >= 15 is 0 Å². The van der Waals surface area contributed by atoms with Crippen LogP contribution in [0.15, 0.2) is 36.5 Å². The number of aromatic nitrogens is 1. The molecule has 0 spiro atoms. The molecule has 2 rings (SSSR count). The fourth-order valence-electron chi connectivity index (χ4n) is 2.37. The molecule has 1 atom stereocenters. The first-order chi connectivity index (χ1) is 9.17. The van der Waals surface area contributed by atoms with Gasteiger partial charge in [0.2, 0.25) is 0 Å². The highest BCUT2D eigenvalue weighted by Gasteiger charge is 2.18. The van der Waals surface area contributed by atoms with Crippen molar-refractivity contribution in [3.8, 4) is 0 Å². The fourth-order valence-corrected chi connectivity index (χ4v) is 2.37. The number of hydrogen-bond acceptors (Lipinski definition) is 2. The van der Waals surface area contributed by atoms with Crippen molar-refractivity contribution >= 4 is 0 Å². The van der Waals surface area contributed by atoms with Crippen LogP contribution in [0.5, 0.6) is 0 Å². The van der Waals surface area contributed by atoms with E-state index in [2.05, 4.69) is 23.3 Å². The lowest BCUT2D eigenvalue weighted by Gasteiger charge is -2.20. The summed E-state index contributed by atoms with van der Waals surface area (Å²) in [6.45, 7) is 4.10. The Bertz CT molecular complexity index is 566. The largest absolute Gasteiger partial charge is 0.308 e. The van der Waals surface area contributed by atoms with Gasteiger partial charge in [-0.2, -0.15) is 0 Å². The zero-order chi connectivity index (χ0) is 13.8. The first kappa shape index (κ1) is 13.7. The molecule has 3 heteroatoms. The molecule has 2 aromatic rings. The van der Waals surface area contributed by atoms with Crippen LogP contribution < -0.4 is 5.32 Å². The van der Waals surface area contributed by atoms with E-state index in [0.717, 1.165) is 23.2 Å². The molecule has 2 nitrogen and oxygen atoms in total. The maximum Gasteiger partial charge on any atom is 0.123 e. The Morgan fingerprint density at radius 2 is 2.11 bits per heavy atom. The molecule has 0 aliphatic rings. The quantitative estimate of drug-likeness (QED) is 0.909. The molecule has 19 heavy (non-hydrogen) atoms. The van der Waals surface area contributed by atoms with Crippen molar-refractivity contribution in [2.75, 3.05) is 7.05 Å². The second-order valence-corrected chi connectivity index (χ2v) is 4.62. The summed E-state index contributed by atoms with van der Waals surface area (Å²) in [5, 5.41) is 3.25. The van der Waals surface area contributed by atoms with Crippen molar-refractivity contribution in [2.24, 2.45) is 0 Å². The highest BCUT2D eigenvalue weighted by atomic mass is 19.1. The number of pyridine rings is 1. The van der Waals surface area contributed by atoms with Gasteiger partial charge in [-0.05, 0) is 55.3 Å². The molecule has 1 aromatic carbocycles. The Balaban J connectivity index is 2.53. The van der Waals surface area contributed by atoms with Crippen LogP contribution in [-0.4, -0.2) is 12.0 Å². The minimum absolute atomic E-state index is 0.0770. The molecule has 0 radical (unpaired) electrons. The van der Waals surface area contributed by atoms with Crippen molar-refractivity contribution in [3.05, 3.63) is 64.7 Å². The number of benzene rings is 1. The molecule has 1 N–H and O–H groups in total. The van der Waals surface area contributed by atoms with Crippen LogP contribution in [0.4, 0.5) is 4.39 Å². The summed E-state index contributed by atoms with van der Waals surface area (Å²) in [6, 6.07) is 8.82. The van der Waals surface area contributed by atoms with E-state index in [4.69, 9.17) is 0 Å². The summed E-state index contributed by atoms with van der Waals surface area (Å²) in [5.41, 5.74) is 4.16. The van der Waals surface area contributed by atoms with Crippen molar-refractivity contribution in [2.45, 2.75) is 26.3 Å². The predicted molar refractivity (Wildman–Crippen MR) is 75.7 cm³/mol. The van der Waals surface area contributed by atoms with Crippen molar-refractivity contribution in [1.29, 1.82) is 0 Å². The van der Waals surface area contributed by atoms with Gasteiger partial charge >= 0.3 is 0 Å². The average Bonchev–Trinajstić information content (AvgIpc) is 2.44. The SMILES string of the molecule is CCc1cccnc1C(NC)c1cc(F)ccc1C. The molecule has 0 saturated heterocycles. The number of aryl methyl sites for hydroxylation is 2. The zero-order valence-electron chi connectivity index (χ0n) is 11.6. The van der Waals surface area contributed by atoms with E-state index in [-0.39, 0.29) is 11.9 Å². The maximum atomic E-state index is 13.5. The summed E-state index contributed by atoms with van der Waals surface area (Å²) < 4.78 is 13.5. The molecule has 0 amide bonds. The molecule has 0 aliphatic carbocycles. The van der Waals surface area contributed by atoms with Crippen LogP contribution in [0.1, 0.15) is 35.3 Å². The Morgan fingerprint density at radius 1 is 1.32 bits per heavy atom. The number of rotatable bonds is 4. The van der Waals surface area contributed by atoms with Crippen molar-refractivity contribution in [1.82, 2.24) is 10.3 Å². The molecule has 0 bridgehead atoms. The average molecular weight is 258 g/mol. The summed E-state index contributed by atoms with van der Waals surface area (Å²) in [4.78, 5) is 4.48. The zero-order valence-corrected chi connectivity index (χ0v) is 11.6. The van der Waals surface area contributed by atoms with Gasteiger partial charge in [0.1, 0.15) is 5.82 Å². The molecule has 0 fully saturated rings. The van der Waals surface area contributed by atoms with Gasteiger partial charge in [0, 0.05) is 6.20 Å². The Hall–Kier alpha value is -1.74. The van der Waals surface area contributed by atoms with Crippen molar-refractivity contribution < 1.29 is 4.39 Å². The molecule has 1 heterocycles. The second-order valence-electron chi connectivity index (χ2n) is 4.62. The topological polar surface area (TPSA) is 24.9 Å². The summed E-state index contributed by atoms with van der Waals surface area (Å²) in [6.07, 6.45) is 2.70. The number of nitrogens with zero attached hydrogens (tertiary/aromatic N) is 1. The van der Waals surface area contributed by atoms with Crippen LogP contribution in [-0.2, 0) is 6.42 Å². The lowest BCUT2D eigenvalue weighted by molar-refractivity contribution is 0.610. The molecule has 1 aromatic heterocycles. The van der Waals surface area contributed by atoms with Crippen LogP contribution >= 0.6 is 0 Å². The third kappa shape index (κ3) is 2.82. The Labute approximate surface area is 113 Å². The van der Waals surface area contributed by atoms with Crippen LogP contribution in [0, 0.1) is 12.7 Å². The number of nitrogens with one attached hydrogen (secondary N) is 1. The third-order valence-electron chi connectivity index (χ3n) is 3.42. The third-order valence-corrected chi connectivity index (χ3v) is 3.42. The molecule has 100 valence electrons. The van der Waals surface area contributed by atoms with E-state index in [1.165, 1.54) is 11.6 Å². The molecule has 0 saturated carbocycles. The first-order valence-electron chi connectivity index (χ1n) is 6.54. The van der Waals surface area contributed by atoms with Gasteiger partial charge < -0.3 is 5.32 Å². The Kier molecular flexibility index (Phi) is 4.27. The molecular weight excluding hydrogens is 239 g/mol. The molecule has 1 unspecified atom stereocenters.